The first-order valence-electron chi connectivity index (χ1n) is 10.4. The lowest BCUT2D eigenvalue weighted by Gasteiger charge is -2.35. The second-order valence-electron chi connectivity index (χ2n) is 8.20. The topological polar surface area (TPSA) is 89.2 Å². The maximum atomic E-state index is 6.00. The highest BCUT2D eigenvalue weighted by atomic mass is 16.5. The highest BCUT2D eigenvalue weighted by molar-refractivity contribution is 5.49. The average Bonchev–Trinajstić information content (AvgIpc) is 3.15. The van der Waals surface area contributed by atoms with E-state index in [0.717, 1.165) is 62.9 Å². The van der Waals surface area contributed by atoms with Crippen molar-refractivity contribution in [1.29, 1.82) is 0 Å². The van der Waals surface area contributed by atoms with Gasteiger partial charge in [-0.2, -0.15) is 4.98 Å². The predicted molar refractivity (Wildman–Crippen MR) is 106 cm³/mol. The van der Waals surface area contributed by atoms with E-state index in [2.05, 4.69) is 44.2 Å². The van der Waals surface area contributed by atoms with Crippen LogP contribution in [0.1, 0.15) is 57.2 Å². The third kappa shape index (κ3) is 4.27. The van der Waals surface area contributed by atoms with Crippen molar-refractivity contribution < 1.29 is 9.26 Å². The predicted octanol–water partition coefficient (Wildman–Crippen LogP) is 3.17. The van der Waals surface area contributed by atoms with Crippen LogP contribution >= 0.6 is 0 Å². The van der Waals surface area contributed by atoms with Crippen LogP contribution in [0.4, 0.5) is 11.6 Å². The summed E-state index contributed by atoms with van der Waals surface area (Å²) >= 11 is 0. The van der Waals surface area contributed by atoms with E-state index in [0.29, 0.717) is 11.7 Å². The molecule has 0 aliphatic carbocycles. The van der Waals surface area contributed by atoms with Crippen molar-refractivity contribution in [3.05, 3.63) is 24.1 Å². The minimum Gasteiger partial charge on any atom is -0.376 e. The van der Waals surface area contributed by atoms with Gasteiger partial charge < -0.3 is 19.5 Å². The molecule has 0 unspecified atom stereocenters. The van der Waals surface area contributed by atoms with Gasteiger partial charge in [0.05, 0.1) is 18.1 Å². The zero-order chi connectivity index (χ0) is 19.5. The number of nitrogens with one attached hydrogen (secondary N) is 1. The first-order chi connectivity index (χ1) is 13.6. The summed E-state index contributed by atoms with van der Waals surface area (Å²) in [7, 11) is 0. The van der Waals surface area contributed by atoms with Crippen molar-refractivity contribution in [2.45, 2.75) is 64.5 Å². The quantitative estimate of drug-likeness (QED) is 0.838. The summed E-state index contributed by atoms with van der Waals surface area (Å²) in [6.45, 7) is 8.93. The number of aryl methyl sites for hydroxylation is 1. The van der Waals surface area contributed by atoms with E-state index in [4.69, 9.17) is 9.26 Å². The van der Waals surface area contributed by atoms with E-state index in [9.17, 15) is 0 Å². The largest absolute Gasteiger partial charge is 0.376 e. The minimum atomic E-state index is 0.215. The van der Waals surface area contributed by atoms with E-state index in [1.54, 1.807) is 6.33 Å². The Balaban J connectivity index is 1.45. The van der Waals surface area contributed by atoms with Crippen LogP contribution in [0.5, 0.6) is 0 Å². The zero-order valence-corrected chi connectivity index (χ0v) is 17.0. The number of hydrogen-bond acceptors (Lipinski definition) is 8. The molecule has 2 saturated heterocycles. The van der Waals surface area contributed by atoms with Crippen molar-refractivity contribution in [2.24, 2.45) is 5.92 Å². The number of hydrogen-bond donors (Lipinski definition) is 1. The summed E-state index contributed by atoms with van der Waals surface area (Å²) in [6, 6.07) is 2.33. The van der Waals surface area contributed by atoms with Gasteiger partial charge in [0, 0.05) is 25.8 Å². The Morgan fingerprint density at radius 1 is 1.21 bits per heavy atom. The average molecular weight is 387 g/mol. The van der Waals surface area contributed by atoms with Gasteiger partial charge in [0.1, 0.15) is 18.0 Å². The molecule has 4 heterocycles. The second-order valence-corrected chi connectivity index (χ2v) is 8.20. The van der Waals surface area contributed by atoms with E-state index in [-0.39, 0.29) is 18.1 Å². The van der Waals surface area contributed by atoms with Crippen LogP contribution < -0.4 is 10.2 Å². The normalized spacial score (nSPS) is 25.9. The van der Waals surface area contributed by atoms with Gasteiger partial charge in [0.25, 0.3) is 0 Å². The van der Waals surface area contributed by atoms with Gasteiger partial charge in [0.15, 0.2) is 5.82 Å². The Morgan fingerprint density at radius 2 is 2.11 bits per heavy atom. The molecule has 2 aliphatic heterocycles. The molecule has 2 fully saturated rings. The fourth-order valence-corrected chi connectivity index (χ4v) is 4.27. The van der Waals surface area contributed by atoms with Crippen LogP contribution in [-0.4, -0.2) is 52.0 Å². The molecular formula is C20H30N6O2. The molecule has 0 radical (unpaired) electrons. The van der Waals surface area contributed by atoms with Gasteiger partial charge in [0.2, 0.25) is 5.89 Å². The van der Waals surface area contributed by atoms with Crippen molar-refractivity contribution >= 4 is 11.6 Å². The zero-order valence-electron chi connectivity index (χ0n) is 17.0. The van der Waals surface area contributed by atoms with E-state index in [1.807, 2.05) is 13.0 Å². The molecular weight excluding hydrogens is 356 g/mol. The molecule has 0 aromatic carbocycles. The molecule has 8 nitrogen and oxygen atoms in total. The molecule has 0 saturated carbocycles. The molecule has 28 heavy (non-hydrogen) atoms. The Bertz CT molecular complexity index is 780. The summed E-state index contributed by atoms with van der Waals surface area (Å²) in [6.07, 6.45) is 6.17. The van der Waals surface area contributed by atoms with Crippen LogP contribution in [0, 0.1) is 12.8 Å². The van der Waals surface area contributed by atoms with Gasteiger partial charge in [-0.15, -0.1) is 0 Å². The molecule has 3 atom stereocenters. The first kappa shape index (κ1) is 19.1. The first-order valence-corrected chi connectivity index (χ1v) is 10.4. The standard InChI is InChI=1S/C20H30N6O2/c1-13(2)19-16(7-5-9-27-19)24-17-10-18(22-12-21-17)26-8-4-6-15(11-26)20-23-14(3)25-28-20/h10,12-13,15-16,19H,4-9,11H2,1-3H3,(H,21,22,24)/t15-,16+,19+/m1/s1. The van der Waals surface area contributed by atoms with Crippen LogP contribution in [0.15, 0.2) is 16.9 Å². The number of piperidine rings is 1. The van der Waals surface area contributed by atoms with E-state index >= 15 is 0 Å². The summed E-state index contributed by atoms with van der Waals surface area (Å²) in [5.41, 5.74) is 0. The lowest BCUT2D eigenvalue weighted by molar-refractivity contribution is -0.0203. The van der Waals surface area contributed by atoms with Crippen LogP contribution in [-0.2, 0) is 4.74 Å². The Morgan fingerprint density at radius 3 is 2.89 bits per heavy atom. The van der Waals surface area contributed by atoms with Crippen LogP contribution in [0.25, 0.3) is 0 Å². The van der Waals surface area contributed by atoms with Gasteiger partial charge in [-0.3, -0.25) is 0 Å². The molecule has 0 amide bonds. The summed E-state index contributed by atoms with van der Waals surface area (Å²) in [5, 5.41) is 7.53. The minimum absolute atomic E-state index is 0.215. The maximum Gasteiger partial charge on any atom is 0.231 e. The fraction of sp³-hybridized carbons (Fsp3) is 0.700. The lowest BCUT2D eigenvalue weighted by atomic mass is 9.93. The van der Waals surface area contributed by atoms with Crippen LogP contribution in [0.2, 0.25) is 0 Å². The number of aromatic nitrogens is 4. The molecule has 2 aromatic rings. The smallest absolute Gasteiger partial charge is 0.231 e. The Labute approximate surface area is 166 Å². The number of rotatable bonds is 5. The number of nitrogens with zero attached hydrogens (tertiary/aromatic N) is 5. The molecule has 1 N–H and O–H groups in total. The Kier molecular flexibility index (Phi) is 5.75. The Hall–Kier alpha value is -2.22. The molecule has 2 aromatic heterocycles. The molecule has 8 heteroatoms. The highest BCUT2D eigenvalue weighted by Gasteiger charge is 2.30. The molecule has 4 rings (SSSR count). The van der Waals surface area contributed by atoms with Crippen molar-refractivity contribution in [3.8, 4) is 0 Å². The molecule has 2 aliphatic rings. The number of anilines is 2. The molecule has 152 valence electrons. The monoisotopic (exact) mass is 386 g/mol. The summed E-state index contributed by atoms with van der Waals surface area (Å²) in [5.74, 6) is 3.94. The fourth-order valence-electron chi connectivity index (χ4n) is 4.27. The highest BCUT2D eigenvalue weighted by Crippen LogP contribution is 2.29. The van der Waals surface area contributed by atoms with E-state index in [1.165, 1.54) is 0 Å². The van der Waals surface area contributed by atoms with Crippen molar-refractivity contribution in [1.82, 2.24) is 20.1 Å². The van der Waals surface area contributed by atoms with Gasteiger partial charge in [-0.05, 0) is 38.5 Å². The number of ether oxygens (including phenoxy) is 1. The van der Waals surface area contributed by atoms with Gasteiger partial charge in [-0.25, -0.2) is 9.97 Å². The van der Waals surface area contributed by atoms with Gasteiger partial charge in [-0.1, -0.05) is 19.0 Å². The summed E-state index contributed by atoms with van der Waals surface area (Å²) < 4.78 is 11.4. The SMILES string of the molecule is Cc1noc([C@@H]2CCCN(c3cc(N[C@H]4CCCO[C@H]4C(C)C)ncn3)C2)n1. The lowest BCUT2D eigenvalue weighted by Crippen LogP contribution is -2.43. The molecule has 0 bridgehead atoms. The third-order valence-corrected chi connectivity index (χ3v) is 5.65. The van der Waals surface area contributed by atoms with E-state index < -0.39 is 0 Å². The third-order valence-electron chi connectivity index (χ3n) is 5.65. The van der Waals surface area contributed by atoms with Crippen LogP contribution in [0.3, 0.4) is 0 Å². The second kappa shape index (κ2) is 8.43. The van der Waals surface area contributed by atoms with Gasteiger partial charge >= 0.3 is 0 Å². The maximum absolute atomic E-state index is 6.00. The van der Waals surface area contributed by atoms with Crippen molar-refractivity contribution in [3.63, 3.8) is 0 Å². The van der Waals surface area contributed by atoms with Crippen molar-refractivity contribution in [2.75, 3.05) is 29.9 Å². The molecule has 0 spiro atoms. The summed E-state index contributed by atoms with van der Waals surface area (Å²) in [4.78, 5) is 15.7.